The Balaban J connectivity index is 2.15. The number of nitrogens with zero attached hydrogens (tertiary/aromatic N) is 1. The molecular formula is C19H18ClF3N2O. The third kappa shape index (κ3) is 3.44. The molecule has 3 rings (SSSR count). The minimum Gasteiger partial charge on any atom is -0.320 e. The van der Waals surface area contributed by atoms with Crippen LogP contribution in [0, 0.1) is 0 Å². The van der Waals surface area contributed by atoms with E-state index in [1.54, 1.807) is 25.1 Å². The van der Waals surface area contributed by atoms with Gasteiger partial charge in [0, 0.05) is 10.7 Å². The number of carbonyl (C=O) groups excluding carboxylic acids is 1. The first-order valence-corrected chi connectivity index (χ1v) is 8.61. The molecule has 3 nitrogen and oxygen atoms in total. The van der Waals surface area contributed by atoms with E-state index in [0.717, 1.165) is 11.6 Å². The van der Waals surface area contributed by atoms with Gasteiger partial charge in [-0.1, -0.05) is 35.9 Å². The lowest BCUT2D eigenvalue weighted by Gasteiger charge is -2.32. The van der Waals surface area contributed by atoms with Gasteiger partial charge in [0.1, 0.15) is 0 Å². The number of nitrogens with two attached hydrogens (primary N) is 1. The second-order valence-electron chi connectivity index (χ2n) is 6.39. The Morgan fingerprint density at radius 2 is 1.92 bits per heavy atom. The molecule has 2 atom stereocenters. The van der Waals surface area contributed by atoms with Gasteiger partial charge in [-0.25, -0.2) is 0 Å². The lowest BCUT2D eigenvalue weighted by molar-refractivity contribution is -0.138. The van der Waals surface area contributed by atoms with Gasteiger partial charge in [-0.05, 0) is 49.1 Å². The van der Waals surface area contributed by atoms with Crippen LogP contribution in [0.4, 0.5) is 18.9 Å². The van der Waals surface area contributed by atoms with E-state index >= 15 is 0 Å². The van der Waals surface area contributed by atoms with Gasteiger partial charge < -0.3 is 10.6 Å². The van der Waals surface area contributed by atoms with Crippen LogP contribution in [0.2, 0.25) is 5.02 Å². The van der Waals surface area contributed by atoms with Crippen LogP contribution in [0.25, 0.3) is 0 Å². The van der Waals surface area contributed by atoms with Gasteiger partial charge in [0.25, 0.3) is 0 Å². The molecule has 2 N–H and O–H groups in total. The summed E-state index contributed by atoms with van der Waals surface area (Å²) in [5.74, 6) is -0.407. The molecule has 1 amide bonds. The van der Waals surface area contributed by atoms with Gasteiger partial charge in [-0.15, -0.1) is 0 Å². The Morgan fingerprint density at radius 1 is 1.23 bits per heavy atom. The third-order valence-corrected chi connectivity index (χ3v) is 4.92. The summed E-state index contributed by atoms with van der Waals surface area (Å²) in [7, 11) is 0. The molecule has 0 radical (unpaired) electrons. The molecule has 7 heteroatoms. The molecule has 2 aromatic rings. The summed E-state index contributed by atoms with van der Waals surface area (Å²) in [4.78, 5) is 14.2. The molecule has 0 saturated carbocycles. The predicted molar refractivity (Wildman–Crippen MR) is 95.1 cm³/mol. The first kappa shape index (κ1) is 18.7. The number of carbonyl (C=O) groups is 1. The number of alkyl halides is 3. The fraction of sp³-hybridized carbons (Fsp3) is 0.316. The number of rotatable bonds is 2. The quantitative estimate of drug-likeness (QED) is 0.816. The summed E-state index contributed by atoms with van der Waals surface area (Å²) in [5.41, 5.74) is 6.59. The van der Waals surface area contributed by atoms with Crippen LogP contribution in [0.1, 0.15) is 36.1 Å². The van der Waals surface area contributed by atoms with Gasteiger partial charge >= 0.3 is 6.18 Å². The van der Waals surface area contributed by atoms with Crippen molar-refractivity contribution >= 4 is 23.2 Å². The van der Waals surface area contributed by atoms with E-state index < -0.39 is 29.7 Å². The lowest BCUT2D eigenvalue weighted by atomic mass is 9.98. The number of hydrogen-bond donors (Lipinski definition) is 1. The van der Waals surface area contributed by atoms with Crippen LogP contribution < -0.4 is 10.6 Å². The molecule has 2 aromatic carbocycles. The average Bonchev–Trinajstić information content (AvgIpc) is 2.71. The molecule has 0 aromatic heterocycles. The zero-order chi connectivity index (χ0) is 19.1. The van der Waals surface area contributed by atoms with E-state index in [2.05, 4.69) is 0 Å². The molecule has 0 bridgehead atoms. The van der Waals surface area contributed by atoms with Gasteiger partial charge in [0.2, 0.25) is 5.91 Å². The Hall–Kier alpha value is -2.05. The van der Waals surface area contributed by atoms with Gasteiger partial charge in [-0.3, -0.25) is 4.79 Å². The number of halogens is 4. The average molecular weight is 383 g/mol. The fourth-order valence-corrected chi connectivity index (χ4v) is 3.53. The Kier molecular flexibility index (Phi) is 4.99. The van der Waals surface area contributed by atoms with E-state index in [1.165, 1.54) is 23.1 Å². The zero-order valence-corrected chi connectivity index (χ0v) is 14.8. The third-order valence-electron chi connectivity index (χ3n) is 4.69. The standard InChI is InChI=1S/C19H18ClF3N2O/c1-11(14-4-2-3-5-15(14)19(21,22)23)25-17-10-13(20)8-6-12(17)7-9-16(24)18(25)26/h2-6,8,10-11,16H,7,9,24H2,1H3/t11-,16+/m0/s1. The maximum Gasteiger partial charge on any atom is 0.416 e. The highest BCUT2D eigenvalue weighted by molar-refractivity contribution is 6.31. The second kappa shape index (κ2) is 6.93. The van der Waals surface area contributed by atoms with Gasteiger partial charge in [-0.2, -0.15) is 13.2 Å². The summed E-state index contributed by atoms with van der Waals surface area (Å²) in [5, 5.41) is 0.410. The summed E-state index contributed by atoms with van der Waals surface area (Å²) < 4.78 is 40.3. The summed E-state index contributed by atoms with van der Waals surface area (Å²) in [6.07, 6.45) is -3.53. The molecule has 0 spiro atoms. The highest BCUT2D eigenvalue weighted by Crippen LogP contribution is 2.40. The molecule has 0 saturated heterocycles. The topological polar surface area (TPSA) is 46.3 Å². The molecule has 26 heavy (non-hydrogen) atoms. The largest absolute Gasteiger partial charge is 0.416 e. The van der Waals surface area contributed by atoms with Crippen LogP contribution in [0.3, 0.4) is 0 Å². The number of benzene rings is 2. The van der Waals surface area contributed by atoms with E-state index in [-0.39, 0.29) is 5.56 Å². The van der Waals surface area contributed by atoms with Crippen molar-refractivity contribution < 1.29 is 18.0 Å². The van der Waals surface area contributed by atoms with Gasteiger partial charge in [0.15, 0.2) is 0 Å². The number of anilines is 1. The Morgan fingerprint density at radius 3 is 2.62 bits per heavy atom. The van der Waals surface area contributed by atoms with E-state index in [0.29, 0.717) is 23.6 Å². The first-order valence-electron chi connectivity index (χ1n) is 8.23. The Bertz CT molecular complexity index is 838. The SMILES string of the molecule is C[C@@H](c1ccccc1C(F)(F)F)N1C(=O)[C@H](N)CCc2ccc(Cl)cc21. The normalized spacial score (nSPS) is 19.1. The number of aryl methyl sites for hydroxylation is 1. The highest BCUT2D eigenvalue weighted by atomic mass is 35.5. The number of amides is 1. The Labute approximate surface area is 154 Å². The van der Waals surface area contributed by atoms with Crippen molar-refractivity contribution in [3.05, 3.63) is 64.2 Å². The molecule has 0 aliphatic carbocycles. The number of hydrogen-bond acceptors (Lipinski definition) is 2. The monoisotopic (exact) mass is 382 g/mol. The van der Waals surface area contributed by atoms with E-state index in [4.69, 9.17) is 17.3 Å². The minimum atomic E-state index is -4.51. The maximum absolute atomic E-state index is 13.4. The van der Waals surface area contributed by atoms with Crippen LogP contribution in [-0.2, 0) is 17.4 Å². The molecule has 1 aliphatic rings. The van der Waals surface area contributed by atoms with E-state index in [1.807, 2.05) is 0 Å². The highest BCUT2D eigenvalue weighted by Gasteiger charge is 2.38. The smallest absolute Gasteiger partial charge is 0.320 e. The van der Waals surface area contributed by atoms with Crippen LogP contribution >= 0.6 is 11.6 Å². The molecule has 138 valence electrons. The van der Waals surface area contributed by atoms with Crippen molar-refractivity contribution in [3.8, 4) is 0 Å². The van der Waals surface area contributed by atoms with Crippen molar-refractivity contribution in [2.75, 3.05) is 4.90 Å². The second-order valence-corrected chi connectivity index (χ2v) is 6.82. The summed E-state index contributed by atoms with van der Waals surface area (Å²) in [6, 6.07) is 8.76. The van der Waals surface area contributed by atoms with Gasteiger partial charge in [0.05, 0.1) is 17.6 Å². The molecule has 0 fully saturated rings. The predicted octanol–water partition coefficient (Wildman–Crippen LogP) is 4.73. The molecule has 1 heterocycles. The van der Waals surface area contributed by atoms with Crippen LogP contribution in [0.15, 0.2) is 42.5 Å². The minimum absolute atomic E-state index is 0.0216. The summed E-state index contributed by atoms with van der Waals surface area (Å²) in [6.45, 7) is 1.57. The van der Waals surface area contributed by atoms with Crippen molar-refractivity contribution in [1.29, 1.82) is 0 Å². The van der Waals surface area contributed by atoms with Crippen molar-refractivity contribution in [2.45, 2.75) is 38.0 Å². The first-order chi connectivity index (χ1) is 12.2. The maximum atomic E-state index is 13.4. The van der Waals surface area contributed by atoms with E-state index in [9.17, 15) is 18.0 Å². The zero-order valence-electron chi connectivity index (χ0n) is 14.1. The fourth-order valence-electron chi connectivity index (χ4n) is 3.36. The van der Waals surface area contributed by atoms with Crippen LogP contribution in [-0.4, -0.2) is 11.9 Å². The lowest BCUT2D eigenvalue weighted by Crippen LogP contribution is -2.44. The molecule has 1 aliphatic heterocycles. The number of fused-ring (bicyclic) bond motifs is 1. The van der Waals surface area contributed by atoms with Crippen molar-refractivity contribution in [2.24, 2.45) is 5.73 Å². The van der Waals surface area contributed by atoms with Crippen LogP contribution in [0.5, 0.6) is 0 Å². The van der Waals surface area contributed by atoms with Crippen molar-refractivity contribution in [3.63, 3.8) is 0 Å². The summed E-state index contributed by atoms with van der Waals surface area (Å²) >= 11 is 6.08. The molecule has 0 unspecified atom stereocenters. The molecular weight excluding hydrogens is 365 g/mol. The van der Waals surface area contributed by atoms with Crippen molar-refractivity contribution in [1.82, 2.24) is 0 Å².